The van der Waals surface area contributed by atoms with Crippen LogP contribution in [0.5, 0.6) is 0 Å². The lowest BCUT2D eigenvalue weighted by Gasteiger charge is -2.22. The summed E-state index contributed by atoms with van der Waals surface area (Å²) in [6, 6.07) is 1.84. The van der Waals surface area contributed by atoms with Gasteiger partial charge in [-0.25, -0.2) is 0 Å². The predicted octanol–water partition coefficient (Wildman–Crippen LogP) is 4.44. The van der Waals surface area contributed by atoms with Crippen LogP contribution in [-0.2, 0) is 0 Å². The van der Waals surface area contributed by atoms with Gasteiger partial charge >= 0.3 is 0 Å². The lowest BCUT2D eigenvalue weighted by Crippen LogP contribution is -2.33. The Balaban J connectivity index is 2.63. The molecule has 0 aliphatic heterocycles. The van der Waals surface area contributed by atoms with E-state index in [9.17, 15) is 4.79 Å². The maximum absolute atomic E-state index is 11.9. The molecule has 0 unspecified atom stereocenters. The van der Waals surface area contributed by atoms with Crippen LogP contribution < -0.4 is 5.32 Å². The minimum atomic E-state index is -0.0182. The van der Waals surface area contributed by atoms with Gasteiger partial charge in [0.25, 0.3) is 5.91 Å². The molecule has 1 amide bonds. The number of amides is 1. The third kappa shape index (κ3) is 3.86. The molecule has 0 saturated carbocycles. The topological polar surface area (TPSA) is 29.1 Å². The fraction of sp³-hybridized carbons (Fsp3) is 0.545. The second-order valence-electron chi connectivity index (χ2n) is 4.44. The molecular formula is C11H15Br2NOS. The van der Waals surface area contributed by atoms with Gasteiger partial charge in [0.05, 0.1) is 13.1 Å². The Morgan fingerprint density at radius 1 is 1.50 bits per heavy atom. The first kappa shape index (κ1) is 14.2. The van der Waals surface area contributed by atoms with Crippen LogP contribution >= 0.6 is 43.2 Å². The molecule has 5 heteroatoms. The highest BCUT2D eigenvalue weighted by atomic mass is 79.9. The van der Waals surface area contributed by atoms with Gasteiger partial charge in [-0.05, 0) is 49.8 Å². The van der Waals surface area contributed by atoms with E-state index in [-0.39, 0.29) is 11.3 Å². The van der Waals surface area contributed by atoms with Crippen molar-refractivity contribution in [2.75, 3.05) is 6.54 Å². The van der Waals surface area contributed by atoms with Crippen LogP contribution in [0.1, 0.15) is 37.6 Å². The Bertz CT molecular complexity index is 387. The van der Waals surface area contributed by atoms with Crippen molar-refractivity contribution in [3.05, 3.63) is 19.2 Å². The summed E-state index contributed by atoms with van der Waals surface area (Å²) in [4.78, 5) is 11.9. The molecule has 0 fully saturated rings. The highest BCUT2D eigenvalue weighted by Gasteiger charge is 2.18. The van der Waals surface area contributed by atoms with Crippen molar-refractivity contribution in [2.24, 2.45) is 5.41 Å². The molecule has 1 aromatic rings. The number of thiophene rings is 1. The summed E-state index contributed by atoms with van der Waals surface area (Å²) in [6.07, 6.45) is 1.04. The van der Waals surface area contributed by atoms with Crippen LogP contribution in [0.2, 0.25) is 0 Å². The molecule has 0 radical (unpaired) electrons. The van der Waals surface area contributed by atoms with E-state index in [0.29, 0.717) is 12.1 Å². The van der Waals surface area contributed by atoms with Gasteiger partial charge < -0.3 is 5.32 Å². The molecule has 90 valence electrons. The summed E-state index contributed by atoms with van der Waals surface area (Å²) in [6.45, 7) is 7.11. The SMILES string of the molecule is CCC(C)(C)CNC(=O)c1cc(Br)sc1Br. The Morgan fingerprint density at radius 2 is 2.12 bits per heavy atom. The van der Waals surface area contributed by atoms with Crippen LogP contribution in [-0.4, -0.2) is 12.5 Å². The molecule has 0 bridgehead atoms. The van der Waals surface area contributed by atoms with Crippen molar-refractivity contribution >= 4 is 49.1 Å². The van der Waals surface area contributed by atoms with E-state index >= 15 is 0 Å². The summed E-state index contributed by atoms with van der Waals surface area (Å²) in [7, 11) is 0. The van der Waals surface area contributed by atoms with Crippen molar-refractivity contribution in [2.45, 2.75) is 27.2 Å². The quantitative estimate of drug-likeness (QED) is 0.836. The summed E-state index contributed by atoms with van der Waals surface area (Å²) in [5.74, 6) is -0.0182. The smallest absolute Gasteiger partial charge is 0.253 e. The molecule has 1 N–H and O–H groups in total. The summed E-state index contributed by atoms with van der Waals surface area (Å²) >= 11 is 8.26. The number of rotatable bonds is 4. The number of hydrogen-bond donors (Lipinski definition) is 1. The third-order valence-electron chi connectivity index (χ3n) is 2.59. The fourth-order valence-electron chi connectivity index (χ4n) is 1.03. The Labute approximate surface area is 117 Å². The Hall–Kier alpha value is 0.130. The molecule has 1 aromatic heterocycles. The van der Waals surface area contributed by atoms with E-state index < -0.39 is 0 Å². The van der Waals surface area contributed by atoms with Crippen LogP contribution in [0.4, 0.5) is 0 Å². The van der Waals surface area contributed by atoms with Crippen molar-refractivity contribution in [1.82, 2.24) is 5.32 Å². The van der Waals surface area contributed by atoms with Crippen molar-refractivity contribution < 1.29 is 4.79 Å². The molecule has 16 heavy (non-hydrogen) atoms. The van der Waals surface area contributed by atoms with Gasteiger partial charge in [-0.15, -0.1) is 11.3 Å². The van der Waals surface area contributed by atoms with Gasteiger partial charge in [-0.1, -0.05) is 20.8 Å². The fourth-order valence-corrected chi connectivity index (χ4v) is 3.83. The molecule has 1 heterocycles. The maximum atomic E-state index is 11.9. The molecule has 0 aliphatic rings. The van der Waals surface area contributed by atoms with Gasteiger partial charge in [0.1, 0.15) is 0 Å². The molecule has 0 atom stereocenters. The zero-order valence-corrected chi connectivity index (χ0v) is 13.6. The first-order valence-electron chi connectivity index (χ1n) is 5.09. The highest BCUT2D eigenvalue weighted by molar-refractivity contribution is 9.12. The normalized spacial score (nSPS) is 11.6. The Kier molecular flexibility index (Phi) is 5.01. The average Bonchev–Trinajstić information content (AvgIpc) is 2.54. The van der Waals surface area contributed by atoms with Gasteiger partial charge in [0, 0.05) is 6.54 Å². The van der Waals surface area contributed by atoms with Crippen LogP contribution in [0.3, 0.4) is 0 Å². The lowest BCUT2D eigenvalue weighted by atomic mass is 9.90. The van der Waals surface area contributed by atoms with Gasteiger partial charge in [-0.2, -0.15) is 0 Å². The zero-order chi connectivity index (χ0) is 12.3. The van der Waals surface area contributed by atoms with Gasteiger partial charge in [0.15, 0.2) is 0 Å². The van der Waals surface area contributed by atoms with Crippen LogP contribution in [0.15, 0.2) is 13.6 Å². The maximum Gasteiger partial charge on any atom is 0.253 e. The molecule has 0 saturated heterocycles. The van der Waals surface area contributed by atoms with E-state index in [1.54, 1.807) is 0 Å². The van der Waals surface area contributed by atoms with Crippen molar-refractivity contribution in [1.29, 1.82) is 0 Å². The summed E-state index contributed by atoms with van der Waals surface area (Å²) < 4.78 is 1.82. The van der Waals surface area contributed by atoms with Crippen molar-refractivity contribution in [3.63, 3.8) is 0 Å². The second kappa shape index (κ2) is 5.65. The largest absolute Gasteiger partial charge is 0.351 e. The van der Waals surface area contributed by atoms with Gasteiger partial charge in [0.2, 0.25) is 0 Å². The highest BCUT2D eigenvalue weighted by Crippen LogP contribution is 2.31. The standard InChI is InChI=1S/C11H15Br2NOS/c1-4-11(2,3)6-14-10(15)7-5-8(12)16-9(7)13/h5H,4,6H2,1-3H3,(H,14,15). The minimum Gasteiger partial charge on any atom is -0.351 e. The molecule has 2 nitrogen and oxygen atoms in total. The number of nitrogens with one attached hydrogen (secondary N) is 1. The first-order valence-corrected chi connectivity index (χ1v) is 7.49. The minimum absolute atomic E-state index is 0.0182. The monoisotopic (exact) mass is 367 g/mol. The first-order chi connectivity index (χ1) is 7.35. The van der Waals surface area contributed by atoms with E-state index in [1.165, 1.54) is 11.3 Å². The van der Waals surface area contributed by atoms with E-state index in [0.717, 1.165) is 14.0 Å². The molecular weight excluding hydrogens is 354 g/mol. The lowest BCUT2D eigenvalue weighted by molar-refractivity contribution is 0.0935. The van der Waals surface area contributed by atoms with E-state index in [1.807, 2.05) is 6.07 Å². The number of hydrogen-bond acceptors (Lipinski definition) is 2. The van der Waals surface area contributed by atoms with Crippen LogP contribution in [0, 0.1) is 5.41 Å². The predicted molar refractivity (Wildman–Crippen MR) is 76.1 cm³/mol. The average molecular weight is 369 g/mol. The third-order valence-corrected chi connectivity index (χ3v) is 4.93. The second-order valence-corrected chi connectivity index (χ2v) is 8.19. The molecule has 1 rings (SSSR count). The number of halogens is 2. The molecule has 0 aromatic carbocycles. The molecule has 0 spiro atoms. The van der Waals surface area contributed by atoms with Crippen LogP contribution in [0.25, 0.3) is 0 Å². The molecule has 0 aliphatic carbocycles. The Morgan fingerprint density at radius 3 is 2.56 bits per heavy atom. The number of carbonyl (C=O) groups excluding carboxylic acids is 1. The van der Waals surface area contributed by atoms with Gasteiger partial charge in [-0.3, -0.25) is 4.79 Å². The van der Waals surface area contributed by atoms with E-state index in [2.05, 4.69) is 57.9 Å². The summed E-state index contributed by atoms with van der Waals surface area (Å²) in [5.41, 5.74) is 0.846. The zero-order valence-electron chi connectivity index (χ0n) is 9.56. The van der Waals surface area contributed by atoms with E-state index in [4.69, 9.17) is 0 Å². The van der Waals surface area contributed by atoms with Crippen molar-refractivity contribution in [3.8, 4) is 0 Å². The number of carbonyl (C=O) groups is 1. The summed E-state index contributed by atoms with van der Waals surface area (Å²) in [5, 5.41) is 2.96.